The first kappa shape index (κ1) is 15.8. The topological polar surface area (TPSA) is 40.6 Å². The van der Waals surface area contributed by atoms with Crippen molar-refractivity contribution < 1.29 is 8.42 Å². The third kappa shape index (κ3) is 3.11. The number of likely N-dealkylation sites (tertiary alicyclic amines) is 1. The number of benzene rings is 2. The average molecular weight is 342 g/mol. The first-order valence-corrected chi connectivity index (χ1v) is 9.94. The zero-order chi connectivity index (χ0) is 16.6. The highest BCUT2D eigenvalue weighted by molar-refractivity contribution is 7.88. The normalized spacial score (nSPS) is 20.5. The van der Waals surface area contributed by atoms with Crippen LogP contribution in [-0.4, -0.2) is 43.8 Å². The lowest BCUT2D eigenvalue weighted by atomic mass is 9.74. The Kier molecular flexibility index (Phi) is 3.95. The number of hydrogen-bond donors (Lipinski definition) is 0. The van der Waals surface area contributed by atoms with Gasteiger partial charge in [0.15, 0.2) is 0 Å². The summed E-state index contributed by atoms with van der Waals surface area (Å²) in [7, 11) is -3.19. The second kappa shape index (κ2) is 5.99. The van der Waals surface area contributed by atoms with Gasteiger partial charge in [0.05, 0.1) is 5.75 Å². The highest BCUT2D eigenvalue weighted by Gasteiger charge is 2.54. The summed E-state index contributed by atoms with van der Waals surface area (Å²) in [6.07, 6.45) is 0. The Morgan fingerprint density at radius 3 is 1.92 bits per heavy atom. The molecule has 4 nitrogen and oxygen atoms in total. The molecule has 24 heavy (non-hydrogen) atoms. The summed E-state index contributed by atoms with van der Waals surface area (Å²) >= 11 is 0. The fourth-order valence-corrected chi connectivity index (χ4v) is 5.57. The fourth-order valence-electron chi connectivity index (χ4n) is 3.83. The standard InChI is InChI=1S/C19H22N2O2S/c22-24(23,12-18-9-5-2-6-10-18)21-15-19(16-21)13-20(14-19)11-17-7-3-1-4-8-17/h1-10H,11-16H2. The van der Waals surface area contributed by atoms with E-state index in [0.29, 0.717) is 13.1 Å². The molecule has 4 rings (SSSR count). The summed E-state index contributed by atoms with van der Waals surface area (Å²) < 4.78 is 26.6. The molecule has 0 aromatic heterocycles. The lowest BCUT2D eigenvalue weighted by Gasteiger charge is -2.59. The molecule has 0 N–H and O–H groups in total. The van der Waals surface area contributed by atoms with Gasteiger partial charge in [-0.25, -0.2) is 12.7 Å². The van der Waals surface area contributed by atoms with E-state index in [2.05, 4.69) is 29.2 Å². The number of sulfonamides is 1. The van der Waals surface area contributed by atoms with Gasteiger partial charge in [0.1, 0.15) is 0 Å². The van der Waals surface area contributed by atoms with E-state index in [9.17, 15) is 8.42 Å². The van der Waals surface area contributed by atoms with Crippen molar-refractivity contribution in [3.05, 3.63) is 71.8 Å². The second-order valence-electron chi connectivity index (χ2n) is 7.14. The van der Waals surface area contributed by atoms with E-state index < -0.39 is 10.0 Å². The Bertz CT molecular complexity index is 792. The maximum atomic E-state index is 12.5. The van der Waals surface area contributed by atoms with Gasteiger partial charge in [-0.3, -0.25) is 4.90 Å². The zero-order valence-electron chi connectivity index (χ0n) is 13.6. The lowest BCUT2D eigenvalue weighted by Crippen LogP contribution is -2.72. The summed E-state index contributed by atoms with van der Waals surface area (Å²) in [5.74, 6) is 0.109. The number of hydrogen-bond acceptors (Lipinski definition) is 3. The molecule has 0 amide bonds. The number of nitrogens with zero attached hydrogens (tertiary/aromatic N) is 2. The van der Waals surface area contributed by atoms with Gasteiger partial charge >= 0.3 is 0 Å². The van der Waals surface area contributed by atoms with Crippen molar-refractivity contribution in [1.29, 1.82) is 0 Å². The quantitative estimate of drug-likeness (QED) is 0.837. The molecule has 0 unspecified atom stereocenters. The molecule has 5 heteroatoms. The van der Waals surface area contributed by atoms with E-state index in [1.54, 1.807) is 4.31 Å². The van der Waals surface area contributed by atoms with Crippen LogP contribution in [0.15, 0.2) is 60.7 Å². The maximum Gasteiger partial charge on any atom is 0.218 e. The van der Waals surface area contributed by atoms with Crippen molar-refractivity contribution in [1.82, 2.24) is 9.21 Å². The van der Waals surface area contributed by atoms with Gasteiger partial charge in [0.25, 0.3) is 0 Å². The Balaban J connectivity index is 1.29. The molecule has 2 aromatic carbocycles. The molecule has 2 saturated heterocycles. The van der Waals surface area contributed by atoms with Crippen LogP contribution >= 0.6 is 0 Å². The SMILES string of the molecule is O=S(=O)(Cc1ccccc1)N1CC2(CN(Cc3ccccc3)C2)C1. The largest absolute Gasteiger partial charge is 0.298 e. The molecule has 0 radical (unpaired) electrons. The minimum absolute atomic E-state index is 0.109. The van der Waals surface area contributed by atoms with E-state index in [4.69, 9.17) is 0 Å². The number of rotatable bonds is 5. The molecule has 2 aliphatic rings. The zero-order valence-corrected chi connectivity index (χ0v) is 14.5. The van der Waals surface area contributed by atoms with E-state index in [1.165, 1.54) is 5.56 Å². The maximum absolute atomic E-state index is 12.5. The Morgan fingerprint density at radius 2 is 1.33 bits per heavy atom. The van der Waals surface area contributed by atoms with Crippen LogP contribution in [0.4, 0.5) is 0 Å². The van der Waals surface area contributed by atoms with E-state index in [1.807, 2.05) is 36.4 Å². The molecule has 1 spiro atoms. The second-order valence-corrected chi connectivity index (χ2v) is 9.11. The Morgan fingerprint density at radius 1 is 0.792 bits per heavy atom. The van der Waals surface area contributed by atoms with Crippen molar-refractivity contribution in [3.8, 4) is 0 Å². The van der Waals surface area contributed by atoms with Crippen molar-refractivity contribution in [2.75, 3.05) is 26.2 Å². The molecule has 2 aromatic rings. The minimum atomic E-state index is -3.19. The highest BCUT2D eigenvalue weighted by atomic mass is 32.2. The van der Waals surface area contributed by atoms with Crippen LogP contribution < -0.4 is 0 Å². The van der Waals surface area contributed by atoms with Crippen LogP contribution in [0.25, 0.3) is 0 Å². The molecule has 2 aliphatic heterocycles. The molecule has 2 fully saturated rings. The van der Waals surface area contributed by atoms with Gasteiger partial charge in [-0.2, -0.15) is 0 Å². The van der Waals surface area contributed by atoms with Crippen LogP contribution in [0.2, 0.25) is 0 Å². The smallest absolute Gasteiger partial charge is 0.218 e. The first-order valence-electron chi connectivity index (χ1n) is 8.33. The van der Waals surface area contributed by atoms with Crippen molar-refractivity contribution in [2.24, 2.45) is 5.41 Å². The van der Waals surface area contributed by atoms with Crippen LogP contribution in [0, 0.1) is 5.41 Å². The van der Waals surface area contributed by atoms with Crippen LogP contribution in [-0.2, 0) is 22.3 Å². The van der Waals surface area contributed by atoms with Crippen molar-refractivity contribution >= 4 is 10.0 Å². The Labute approximate surface area is 143 Å². The Hall–Kier alpha value is -1.69. The third-order valence-electron chi connectivity index (χ3n) is 4.98. The lowest BCUT2D eigenvalue weighted by molar-refractivity contribution is -0.0847. The molecule has 0 atom stereocenters. The van der Waals surface area contributed by atoms with E-state index >= 15 is 0 Å². The first-order chi connectivity index (χ1) is 11.5. The average Bonchev–Trinajstić information content (AvgIpc) is 2.49. The third-order valence-corrected chi connectivity index (χ3v) is 6.72. The molecule has 2 heterocycles. The molecule has 0 aliphatic carbocycles. The van der Waals surface area contributed by atoms with Crippen molar-refractivity contribution in [2.45, 2.75) is 12.3 Å². The summed E-state index contributed by atoms with van der Waals surface area (Å²) in [5, 5.41) is 0. The molecule has 126 valence electrons. The van der Waals surface area contributed by atoms with E-state index in [-0.39, 0.29) is 11.2 Å². The monoisotopic (exact) mass is 342 g/mol. The molecule has 0 saturated carbocycles. The molecule has 0 bridgehead atoms. The van der Waals surface area contributed by atoms with Gasteiger partial charge in [-0.1, -0.05) is 60.7 Å². The van der Waals surface area contributed by atoms with Gasteiger partial charge in [0, 0.05) is 38.1 Å². The summed E-state index contributed by atoms with van der Waals surface area (Å²) in [6, 6.07) is 19.9. The molecular formula is C19H22N2O2S. The summed E-state index contributed by atoms with van der Waals surface area (Å²) in [5.41, 5.74) is 2.37. The van der Waals surface area contributed by atoms with Gasteiger partial charge in [0.2, 0.25) is 10.0 Å². The van der Waals surface area contributed by atoms with Gasteiger partial charge < -0.3 is 0 Å². The van der Waals surface area contributed by atoms with Gasteiger partial charge in [-0.15, -0.1) is 0 Å². The van der Waals surface area contributed by atoms with Crippen LogP contribution in [0.3, 0.4) is 0 Å². The van der Waals surface area contributed by atoms with Crippen molar-refractivity contribution in [3.63, 3.8) is 0 Å². The minimum Gasteiger partial charge on any atom is -0.298 e. The predicted molar refractivity (Wildman–Crippen MR) is 94.8 cm³/mol. The summed E-state index contributed by atoms with van der Waals surface area (Å²) in [6.45, 7) is 4.30. The van der Waals surface area contributed by atoms with E-state index in [0.717, 1.165) is 25.2 Å². The fraction of sp³-hybridized carbons (Fsp3) is 0.368. The van der Waals surface area contributed by atoms with Gasteiger partial charge in [-0.05, 0) is 11.1 Å². The van der Waals surface area contributed by atoms with Crippen LogP contribution in [0.5, 0.6) is 0 Å². The molecular weight excluding hydrogens is 320 g/mol. The predicted octanol–water partition coefficient (Wildman–Crippen LogP) is 2.33. The highest BCUT2D eigenvalue weighted by Crippen LogP contribution is 2.41. The summed E-state index contributed by atoms with van der Waals surface area (Å²) in [4.78, 5) is 2.40. The van der Waals surface area contributed by atoms with Crippen LogP contribution in [0.1, 0.15) is 11.1 Å².